The number of hydrogen-bond donors (Lipinski definition) is 0. The SMILES string of the molecule is N#Cc1cc(-c2nc(-c3ccccc3)nc(-c3cccc(-c4ccccc4)c3)n2)ccc1-n1c2ccccc2c2ccc3oc4c(ccc5c4c4ccccc4n5-c4ccccc4)c3c21. The second-order valence-electron chi connectivity index (χ2n) is 16.3. The Kier molecular flexibility index (Phi) is 8.14. The highest BCUT2D eigenvalue weighted by atomic mass is 16.3. The average Bonchev–Trinajstić information content (AvgIpc) is 4.04. The van der Waals surface area contributed by atoms with E-state index in [4.69, 9.17) is 19.4 Å². The van der Waals surface area contributed by atoms with Crippen molar-refractivity contribution in [2.75, 3.05) is 0 Å². The van der Waals surface area contributed by atoms with Gasteiger partial charge in [-0.05, 0) is 83.9 Å². The van der Waals surface area contributed by atoms with E-state index in [-0.39, 0.29) is 0 Å². The number of para-hydroxylation sites is 3. The summed E-state index contributed by atoms with van der Waals surface area (Å²) in [4.78, 5) is 15.1. The van der Waals surface area contributed by atoms with Crippen LogP contribution in [0.15, 0.2) is 211 Å². The number of furan rings is 1. The molecule has 13 rings (SSSR count). The van der Waals surface area contributed by atoms with E-state index in [0.29, 0.717) is 28.6 Å². The molecule has 4 aromatic heterocycles. The number of nitriles is 1. The third-order valence-corrected chi connectivity index (χ3v) is 12.6. The zero-order valence-electron chi connectivity index (χ0n) is 34.7. The van der Waals surface area contributed by atoms with Crippen molar-refractivity contribution in [2.24, 2.45) is 0 Å². The Hall–Kier alpha value is -9.12. The first-order chi connectivity index (χ1) is 32.2. The lowest BCUT2D eigenvalue weighted by Gasteiger charge is -2.13. The van der Waals surface area contributed by atoms with Gasteiger partial charge in [-0.25, -0.2) is 15.0 Å². The number of nitrogens with zero attached hydrogens (tertiary/aromatic N) is 6. The Balaban J connectivity index is 1.03. The third-order valence-electron chi connectivity index (χ3n) is 12.6. The molecule has 0 amide bonds. The zero-order valence-corrected chi connectivity index (χ0v) is 34.7. The van der Waals surface area contributed by atoms with Crippen LogP contribution in [0.3, 0.4) is 0 Å². The van der Waals surface area contributed by atoms with E-state index in [1.54, 1.807) is 0 Å². The number of hydrogen-bond acceptors (Lipinski definition) is 5. The molecule has 0 aliphatic carbocycles. The van der Waals surface area contributed by atoms with Crippen molar-refractivity contribution in [1.82, 2.24) is 24.1 Å². The van der Waals surface area contributed by atoms with Gasteiger partial charge in [-0.15, -0.1) is 0 Å². The Labute approximate surface area is 372 Å². The molecule has 0 fully saturated rings. The summed E-state index contributed by atoms with van der Waals surface area (Å²) in [6, 6.07) is 73.0. The molecule has 0 bridgehead atoms. The summed E-state index contributed by atoms with van der Waals surface area (Å²) in [6.07, 6.45) is 0. The molecule has 0 N–H and O–H groups in total. The minimum atomic E-state index is 0.478. The first-order valence-corrected chi connectivity index (χ1v) is 21.6. The molecule has 0 aliphatic heterocycles. The van der Waals surface area contributed by atoms with Crippen molar-refractivity contribution < 1.29 is 4.42 Å². The van der Waals surface area contributed by atoms with E-state index >= 15 is 0 Å². The molecule has 9 aromatic carbocycles. The molecule has 7 nitrogen and oxygen atoms in total. The van der Waals surface area contributed by atoms with E-state index in [1.807, 2.05) is 84.9 Å². The molecule has 302 valence electrons. The second-order valence-corrected chi connectivity index (χ2v) is 16.3. The molecule has 65 heavy (non-hydrogen) atoms. The highest BCUT2D eigenvalue weighted by Gasteiger charge is 2.24. The summed E-state index contributed by atoms with van der Waals surface area (Å²) < 4.78 is 11.5. The first-order valence-electron chi connectivity index (χ1n) is 21.6. The van der Waals surface area contributed by atoms with Crippen molar-refractivity contribution in [2.45, 2.75) is 0 Å². The number of benzene rings is 9. The Morgan fingerprint density at radius 2 is 0.985 bits per heavy atom. The number of rotatable bonds is 6. The second kappa shape index (κ2) is 14.5. The fourth-order valence-corrected chi connectivity index (χ4v) is 9.71. The fourth-order valence-electron chi connectivity index (χ4n) is 9.71. The summed E-state index contributed by atoms with van der Waals surface area (Å²) in [5.41, 5.74) is 12.7. The predicted octanol–water partition coefficient (Wildman–Crippen LogP) is 14.5. The van der Waals surface area contributed by atoms with Crippen LogP contribution in [-0.2, 0) is 0 Å². The van der Waals surface area contributed by atoms with Crippen molar-refractivity contribution in [1.29, 1.82) is 5.26 Å². The molecular weight excluding hydrogens is 797 g/mol. The summed E-state index contributed by atoms with van der Waals surface area (Å²) in [5.74, 6) is 1.58. The summed E-state index contributed by atoms with van der Waals surface area (Å²) in [5, 5.41) is 17.4. The van der Waals surface area contributed by atoms with Gasteiger partial charge in [0.15, 0.2) is 17.5 Å². The minimum absolute atomic E-state index is 0.478. The molecule has 0 saturated carbocycles. The van der Waals surface area contributed by atoms with E-state index in [9.17, 15) is 5.26 Å². The molecule has 0 aliphatic rings. The standard InChI is InChI=1S/C58H34N6O/c59-35-41-34-40(58-61-56(37-17-6-2-7-18-37)60-57(62-58)39-20-14-19-38(33-39)36-15-4-1-5-16-36)27-30-47(41)64-48-25-12-10-23-43(48)44-29-32-51-53(54(44)64)46-28-31-50-52(55(46)65-51)45-24-11-13-26-49(45)63(50)42-21-8-3-9-22-42/h1-34H. The number of fused-ring (bicyclic) bond motifs is 11. The fraction of sp³-hybridized carbons (Fsp3) is 0. The molecule has 0 radical (unpaired) electrons. The lowest BCUT2D eigenvalue weighted by Crippen LogP contribution is -2.02. The van der Waals surface area contributed by atoms with Crippen LogP contribution in [-0.4, -0.2) is 24.1 Å². The summed E-state index contributed by atoms with van der Waals surface area (Å²) >= 11 is 0. The smallest absolute Gasteiger partial charge is 0.164 e. The van der Waals surface area contributed by atoms with Gasteiger partial charge in [-0.2, -0.15) is 5.26 Å². The normalized spacial score (nSPS) is 11.7. The maximum absolute atomic E-state index is 11.1. The van der Waals surface area contributed by atoms with E-state index in [1.165, 1.54) is 0 Å². The first kappa shape index (κ1) is 36.5. The van der Waals surface area contributed by atoms with Crippen LogP contribution in [0.1, 0.15) is 5.56 Å². The quantitative estimate of drug-likeness (QED) is 0.167. The summed E-state index contributed by atoms with van der Waals surface area (Å²) in [7, 11) is 0. The topological polar surface area (TPSA) is 85.5 Å². The minimum Gasteiger partial charge on any atom is -0.455 e. The molecule has 0 saturated heterocycles. The zero-order chi connectivity index (χ0) is 43.0. The van der Waals surface area contributed by atoms with Crippen LogP contribution in [0.4, 0.5) is 0 Å². The van der Waals surface area contributed by atoms with Gasteiger partial charge in [0, 0.05) is 43.9 Å². The highest BCUT2D eigenvalue weighted by molar-refractivity contribution is 6.30. The maximum atomic E-state index is 11.1. The largest absolute Gasteiger partial charge is 0.455 e. The molecule has 0 spiro atoms. The third kappa shape index (κ3) is 5.71. The Morgan fingerprint density at radius 1 is 0.400 bits per heavy atom. The van der Waals surface area contributed by atoms with Gasteiger partial charge in [-0.3, -0.25) is 0 Å². The van der Waals surface area contributed by atoms with E-state index in [2.05, 4.69) is 137 Å². The highest BCUT2D eigenvalue weighted by Crippen LogP contribution is 2.45. The van der Waals surface area contributed by atoms with Crippen LogP contribution >= 0.6 is 0 Å². The summed E-state index contributed by atoms with van der Waals surface area (Å²) in [6.45, 7) is 0. The average molecular weight is 831 g/mol. The van der Waals surface area contributed by atoms with Crippen molar-refractivity contribution in [3.63, 3.8) is 0 Å². The van der Waals surface area contributed by atoms with Crippen molar-refractivity contribution >= 4 is 65.6 Å². The van der Waals surface area contributed by atoms with Crippen molar-refractivity contribution in [3.05, 3.63) is 212 Å². The molecular formula is C58H34N6O. The van der Waals surface area contributed by atoms with Crippen LogP contribution in [0, 0.1) is 11.3 Å². The van der Waals surface area contributed by atoms with Gasteiger partial charge in [0.25, 0.3) is 0 Å². The van der Waals surface area contributed by atoms with Gasteiger partial charge >= 0.3 is 0 Å². The van der Waals surface area contributed by atoms with Gasteiger partial charge in [0.1, 0.15) is 17.2 Å². The molecule has 4 heterocycles. The van der Waals surface area contributed by atoms with Gasteiger partial charge < -0.3 is 13.6 Å². The molecule has 0 atom stereocenters. The van der Waals surface area contributed by atoms with Crippen molar-refractivity contribution in [3.8, 4) is 62.7 Å². The van der Waals surface area contributed by atoms with E-state index < -0.39 is 0 Å². The van der Waals surface area contributed by atoms with Gasteiger partial charge in [0.2, 0.25) is 0 Å². The van der Waals surface area contributed by atoms with Crippen LogP contribution < -0.4 is 0 Å². The van der Waals surface area contributed by atoms with Gasteiger partial charge in [-0.1, -0.05) is 133 Å². The van der Waals surface area contributed by atoms with Crippen LogP contribution in [0.5, 0.6) is 0 Å². The lowest BCUT2D eigenvalue weighted by molar-refractivity contribution is 0.673. The Bertz CT molecular complexity index is 4070. The molecule has 13 aromatic rings. The van der Waals surface area contributed by atoms with Crippen LogP contribution in [0.2, 0.25) is 0 Å². The van der Waals surface area contributed by atoms with Crippen LogP contribution in [0.25, 0.3) is 122 Å². The monoisotopic (exact) mass is 830 g/mol. The van der Waals surface area contributed by atoms with E-state index in [0.717, 1.165) is 99.2 Å². The maximum Gasteiger partial charge on any atom is 0.164 e. The molecule has 0 unspecified atom stereocenters. The van der Waals surface area contributed by atoms with Gasteiger partial charge in [0.05, 0.1) is 44.1 Å². The molecule has 7 heteroatoms. The predicted molar refractivity (Wildman–Crippen MR) is 262 cm³/mol. The number of aromatic nitrogens is 5. The Morgan fingerprint density at radius 3 is 1.72 bits per heavy atom. The lowest BCUT2D eigenvalue weighted by atomic mass is 10.0.